The van der Waals surface area contributed by atoms with Crippen LogP contribution in [0.15, 0.2) is 59.6 Å². The molecular formula is C27H36N6O3S. The van der Waals surface area contributed by atoms with Crippen molar-refractivity contribution in [1.29, 1.82) is 0 Å². The summed E-state index contributed by atoms with van der Waals surface area (Å²) in [4.78, 5) is 8.75. The van der Waals surface area contributed by atoms with E-state index in [1.807, 2.05) is 0 Å². The third-order valence-electron chi connectivity index (χ3n) is 4.79. The van der Waals surface area contributed by atoms with Crippen LogP contribution in [0.5, 0.6) is 5.75 Å². The molecule has 0 aliphatic carbocycles. The van der Waals surface area contributed by atoms with Crippen LogP contribution in [0.25, 0.3) is 0 Å². The fourth-order valence-electron chi connectivity index (χ4n) is 3.19. The topological polar surface area (TPSA) is 108 Å². The zero-order valence-corrected chi connectivity index (χ0v) is 21.7. The quantitative estimate of drug-likeness (QED) is 0.340. The van der Waals surface area contributed by atoms with Crippen LogP contribution in [0, 0.1) is 6.92 Å². The molecule has 3 N–H and O–H groups in total. The van der Waals surface area contributed by atoms with Gasteiger partial charge in [-0.1, -0.05) is 6.07 Å². The summed E-state index contributed by atoms with van der Waals surface area (Å²) in [6.07, 6.45) is -5.17. The molecule has 198 valence electrons. The largest absolute Gasteiger partial charge is 0.492 e. The van der Waals surface area contributed by atoms with Crippen LogP contribution in [0.2, 0.25) is 0 Å². The van der Waals surface area contributed by atoms with Crippen molar-refractivity contribution in [2.45, 2.75) is 50.9 Å². The summed E-state index contributed by atoms with van der Waals surface area (Å²) >= 11 is 0. The number of ether oxygens (including phenoxy) is 1. The fraction of sp³-hybridized carbons (Fsp3) is 0.407. The normalized spacial score (nSPS) is 24.3. The van der Waals surface area contributed by atoms with Crippen LogP contribution in [0.3, 0.4) is 0 Å². The highest BCUT2D eigenvalue weighted by molar-refractivity contribution is 7.89. The lowest BCUT2D eigenvalue weighted by molar-refractivity contribution is 0.238. The summed E-state index contributed by atoms with van der Waals surface area (Å²) in [5, 5.41) is 6.13. The standard InChI is InChI=1S/C27H36N6O3S/c1-20-19-28-26(30-21-10-12-23(13-11-21)36-17-16-33-14-5-6-15-33)31-25(20)29-22-8-7-9-24(18-22)37(34,35)32-27(2,3)4/h7-13,18-19,32H,5-6,14-17H2,1-4H3,(H2,28,29,30,31)/i5D2,6D2,14D2,15D2,16D2. The summed E-state index contributed by atoms with van der Waals surface area (Å²) in [5.41, 5.74) is 1.01. The Labute approximate surface area is 233 Å². The molecule has 1 aliphatic rings. The highest BCUT2D eigenvalue weighted by Crippen LogP contribution is 2.24. The van der Waals surface area contributed by atoms with Gasteiger partial charge >= 0.3 is 0 Å². The first kappa shape index (κ1) is 16.6. The van der Waals surface area contributed by atoms with Crippen LogP contribution < -0.4 is 20.1 Å². The van der Waals surface area contributed by atoms with E-state index in [1.54, 1.807) is 58.2 Å². The molecule has 0 bridgehead atoms. The maximum absolute atomic E-state index is 12.8. The number of sulfonamides is 1. The van der Waals surface area contributed by atoms with Gasteiger partial charge < -0.3 is 15.4 Å². The molecule has 0 amide bonds. The number of rotatable bonds is 10. The Hall–Kier alpha value is -3.21. The molecule has 0 atom stereocenters. The van der Waals surface area contributed by atoms with Gasteiger partial charge in [-0.3, -0.25) is 4.90 Å². The van der Waals surface area contributed by atoms with Crippen LogP contribution in [-0.4, -0.2) is 54.9 Å². The minimum absolute atomic E-state index is 0.0810. The first-order valence-corrected chi connectivity index (χ1v) is 12.9. The summed E-state index contributed by atoms with van der Waals surface area (Å²) in [5.74, 6) is 0.732. The molecule has 0 unspecified atom stereocenters. The van der Waals surface area contributed by atoms with Crippen LogP contribution in [0.1, 0.15) is 52.8 Å². The van der Waals surface area contributed by atoms with E-state index in [1.165, 1.54) is 24.3 Å². The molecule has 0 spiro atoms. The number of benzene rings is 2. The van der Waals surface area contributed by atoms with Crippen molar-refractivity contribution in [1.82, 2.24) is 19.6 Å². The Kier molecular flexibility index (Phi) is 5.14. The number of nitrogens with one attached hydrogen (secondary N) is 3. The van der Waals surface area contributed by atoms with E-state index in [4.69, 9.17) is 18.4 Å². The number of hydrogen-bond donors (Lipinski definition) is 3. The van der Waals surface area contributed by atoms with Gasteiger partial charge in [0.1, 0.15) is 18.2 Å². The summed E-state index contributed by atoms with van der Waals surface area (Å²) in [6, 6.07) is 12.3. The van der Waals surface area contributed by atoms with Gasteiger partial charge in [-0.25, -0.2) is 18.1 Å². The molecule has 4 rings (SSSR count). The third-order valence-corrected chi connectivity index (χ3v) is 6.54. The Morgan fingerprint density at radius 1 is 1.08 bits per heavy atom. The van der Waals surface area contributed by atoms with E-state index in [0.717, 1.165) is 0 Å². The summed E-state index contributed by atoms with van der Waals surface area (Å²) in [6.45, 7) is -3.55. The first-order chi connectivity index (χ1) is 21.3. The molecule has 10 heteroatoms. The van der Waals surface area contributed by atoms with Crippen LogP contribution in [-0.2, 0) is 10.0 Å². The van der Waals surface area contributed by atoms with Gasteiger partial charge in [0.15, 0.2) is 0 Å². The van der Waals surface area contributed by atoms with Crippen molar-refractivity contribution in [2.24, 2.45) is 0 Å². The SMILES string of the molecule is [2H]C([2H])(COc1ccc(Nc2ncc(C)c(Nc3cccc(S(=O)(=O)NC(C)(C)C)c3)n2)cc1)N1C([2H])([2H])C([2H])([2H])C([2H])([2H])C1([2H])[2H]. The van der Waals surface area contributed by atoms with Crippen LogP contribution >= 0.6 is 0 Å². The third kappa shape index (κ3) is 7.88. The van der Waals surface area contributed by atoms with Gasteiger partial charge in [0.25, 0.3) is 0 Å². The molecule has 2 aromatic carbocycles. The van der Waals surface area contributed by atoms with E-state index in [9.17, 15) is 8.42 Å². The van der Waals surface area contributed by atoms with Crippen molar-refractivity contribution >= 4 is 33.2 Å². The molecule has 1 saturated heterocycles. The first-order valence-electron chi connectivity index (χ1n) is 16.4. The van der Waals surface area contributed by atoms with Gasteiger partial charge in [0, 0.05) is 48.9 Å². The van der Waals surface area contributed by atoms with E-state index >= 15 is 0 Å². The van der Waals surface area contributed by atoms with Crippen molar-refractivity contribution in [2.75, 3.05) is 36.7 Å². The molecule has 0 saturated carbocycles. The summed E-state index contributed by atoms with van der Waals surface area (Å²) in [7, 11) is -3.76. The second-order valence-corrected chi connectivity index (χ2v) is 10.8. The van der Waals surface area contributed by atoms with Crippen molar-refractivity contribution < 1.29 is 26.9 Å². The Morgan fingerprint density at radius 3 is 2.51 bits per heavy atom. The number of nitrogens with zero attached hydrogens (tertiary/aromatic N) is 3. The van der Waals surface area contributed by atoms with E-state index in [2.05, 4.69) is 25.3 Å². The molecule has 3 aromatic rings. The Bertz CT molecular complexity index is 1710. The predicted molar refractivity (Wildman–Crippen MR) is 147 cm³/mol. The number of aromatic nitrogens is 2. The maximum Gasteiger partial charge on any atom is 0.241 e. The fourth-order valence-corrected chi connectivity index (χ4v) is 4.65. The molecule has 1 fully saturated rings. The molecular weight excluding hydrogens is 488 g/mol. The molecule has 37 heavy (non-hydrogen) atoms. The minimum Gasteiger partial charge on any atom is -0.492 e. The zero-order chi connectivity index (χ0) is 35.4. The zero-order valence-electron chi connectivity index (χ0n) is 30.9. The molecule has 1 aromatic heterocycles. The van der Waals surface area contributed by atoms with Gasteiger partial charge in [-0.2, -0.15) is 4.98 Å². The van der Waals surface area contributed by atoms with E-state index in [0.29, 0.717) is 22.8 Å². The number of aryl methyl sites for hydroxylation is 1. The predicted octanol–water partition coefficient (Wildman–Crippen LogP) is 4.82. The van der Waals surface area contributed by atoms with Gasteiger partial charge in [-0.15, -0.1) is 0 Å². The Morgan fingerprint density at radius 2 is 1.81 bits per heavy atom. The second kappa shape index (κ2) is 11.5. The molecule has 0 radical (unpaired) electrons. The average molecular weight is 535 g/mol. The highest BCUT2D eigenvalue weighted by atomic mass is 32.2. The Balaban J connectivity index is 1.45. The monoisotopic (exact) mass is 534 g/mol. The van der Waals surface area contributed by atoms with Crippen molar-refractivity contribution in [3.05, 3.63) is 60.3 Å². The van der Waals surface area contributed by atoms with Crippen molar-refractivity contribution in [3.63, 3.8) is 0 Å². The second-order valence-electron chi connectivity index (χ2n) is 9.14. The lowest BCUT2D eigenvalue weighted by Crippen LogP contribution is -2.40. The lowest BCUT2D eigenvalue weighted by Gasteiger charge is -2.20. The van der Waals surface area contributed by atoms with Crippen molar-refractivity contribution in [3.8, 4) is 5.75 Å². The highest BCUT2D eigenvalue weighted by Gasteiger charge is 2.22. The summed E-state index contributed by atoms with van der Waals surface area (Å²) < 4.78 is 114. The number of hydrogen-bond acceptors (Lipinski definition) is 8. The van der Waals surface area contributed by atoms with Gasteiger partial charge in [-0.05, 0) is 95.9 Å². The van der Waals surface area contributed by atoms with Gasteiger partial charge in [0.05, 0.1) is 4.90 Å². The smallest absolute Gasteiger partial charge is 0.241 e. The number of anilines is 4. The molecule has 2 heterocycles. The molecule has 9 nitrogen and oxygen atoms in total. The average Bonchev–Trinajstić information content (AvgIpc) is 3.00. The van der Waals surface area contributed by atoms with E-state index in [-0.39, 0.29) is 21.5 Å². The van der Waals surface area contributed by atoms with Gasteiger partial charge in [0.2, 0.25) is 16.0 Å². The maximum atomic E-state index is 12.8. The van der Waals surface area contributed by atoms with E-state index < -0.39 is 54.4 Å². The minimum atomic E-state index is -3.76. The lowest BCUT2D eigenvalue weighted by atomic mass is 10.1. The number of likely N-dealkylation sites (tertiary alicyclic amines) is 1. The molecule has 1 aliphatic heterocycles. The van der Waals surface area contributed by atoms with Crippen LogP contribution in [0.4, 0.5) is 23.1 Å².